The van der Waals surface area contributed by atoms with Gasteiger partial charge in [-0.25, -0.2) is 22.9 Å². The summed E-state index contributed by atoms with van der Waals surface area (Å²) in [4.78, 5) is 50.9. The summed E-state index contributed by atoms with van der Waals surface area (Å²) in [6, 6.07) is 9.78. The van der Waals surface area contributed by atoms with Crippen molar-refractivity contribution in [1.82, 2.24) is 29.4 Å². The molecule has 12 nitrogen and oxygen atoms in total. The Hall–Kier alpha value is -4.48. The van der Waals surface area contributed by atoms with Crippen LogP contribution in [0.15, 0.2) is 53.7 Å². The van der Waals surface area contributed by atoms with Gasteiger partial charge >= 0.3 is 6.18 Å². The molecule has 2 atom stereocenters. The first-order chi connectivity index (χ1) is 24.4. The Kier molecular flexibility index (Phi) is 9.78. The van der Waals surface area contributed by atoms with Crippen molar-refractivity contribution in [2.75, 3.05) is 49.5 Å². The quantitative estimate of drug-likeness (QED) is 0.265. The van der Waals surface area contributed by atoms with Crippen molar-refractivity contribution in [2.45, 2.75) is 61.9 Å². The van der Waals surface area contributed by atoms with Gasteiger partial charge in [0.25, 0.3) is 5.91 Å². The second kappa shape index (κ2) is 14.3. The molecule has 0 saturated carbocycles. The topological polar surface area (TPSA) is 131 Å². The van der Waals surface area contributed by atoms with Gasteiger partial charge in [0.05, 0.1) is 16.1 Å². The lowest BCUT2D eigenvalue weighted by Crippen LogP contribution is -2.52. The number of carbonyl (C=O) groups excluding carboxylic acids is 3. The zero-order chi connectivity index (χ0) is 35.9. The molecular formula is C34H36F4N8O4S. The van der Waals surface area contributed by atoms with Gasteiger partial charge in [-0.05, 0) is 54.7 Å². The summed E-state index contributed by atoms with van der Waals surface area (Å²) < 4.78 is 69.1. The molecule has 17 heteroatoms. The molecule has 270 valence electrons. The zero-order valence-corrected chi connectivity index (χ0v) is 28.3. The van der Waals surface area contributed by atoms with Crippen LogP contribution in [-0.2, 0) is 39.8 Å². The van der Waals surface area contributed by atoms with Gasteiger partial charge in [0.2, 0.25) is 17.8 Å². The summed E-state index contributed by atoms with van der Waals surface area (Å²) in [6.07, 6.45) is -1.35. The highest BCUT2D eigenvalue weighted by molar-refractivity contribution is 7.82. The van der Waals surface area contributed by atoms with Crippen LogP contribution in [-0.4, -0.2) is 97.4 Å². The maximum absolute atomic E-state index is 15.4. The van der Waals surface area contributed by atoms with Gasteiger partial charge in [0.1, 0.15) is 22.8 Å². The summed E-state index contributed by atoms with van der Waals surface area (Å²) in [7, 11) is -1.39. The number of anilines is 2. The first-order valence-corrected chi connectivity index (χ1v) is 17.9. The number of amides is 3. The number of carbonyl (C=O) groups is 3. The van der Waals surface area contributed by atoms with E-state index in [1.165, 1.54) is 11.0 Å². The van der Waals surface area contributed by atoms with Gasteiger partial charge in [-0.2, -0.15) is 13.2 Å². The van der Waals surface area contributed by atoms with Gasteiger partial charge in [0, 0.05) is 82.8 Å². The second-order valence-corrected chi connectivity index (χ2v) is 14.6. The highest BCUT2D eigenvalue weighted by Crippen LogP contribution is 2.33. The molecule has 2 N–H and O–H groups in total. The average molecular weight is 729 g/mol. The number of aromatic nitrogens is 2. The van der Waals surface area contributed by atoms with Crippen molar-refractivity contribution >= 4 is 40.3 Å². The van der Waals surface area contributed by atoms with E-state index < -0.39 is 46.4 Å². The Morgan fingerprint density at radius 2 is 1.67 bits per heavy atom. The minimum Gasteiger partial charge on any atom is -0.367 e. The van der Waals surface area contributed by atoms with Gasteiger partial charge in [-0.15, -0.1) is 0 Å². The fourth-order valence-corrected chi connectivity index (χ4v) is 8.31. The van der Waals surface area contributed by atoms with Crippen LogP contribution in [0, 0.1) is 5.82 Å². The summed E-state index contributed by atoms with van der Waals surface area (Å²) in [5, 5.41) is 5.36. The number of alkyl halides is 3. The van der Waals surface area contributed by atoms with Crippen LogP contribution in [0.2, 0.25) is 0 Å². The smallest absolute Gasteiger partial charge is 0.367 e. The Labute approximate surface area is 293 Å². The largest absolute Gasteiger partial charge is 0.419 e. The summed E-state index contributed by atoms with van der Waals surface area (Å²) >= 11 is 0. The average Bonchev–Trinajstić information content (AvgIpc) is 3.42. The normalized spacial score (nSPS) is 21.5. The van der Waals surface area contributed by atoms with E-state index in [0.717, 1.165) is 18.0 Å². The number of fused-ring (bicyclic) bond motifs is 1. The molecule has 3 amide bonds. The van der Waals surface area contributed by atoms with E-state index in [0.29, 0.717) is 74.8 Å². The molecule has 0 bridgehead atoms. The van der Waals surface area contributed by atoms with E-state index in [1.54, 1.807) is 6.07 Å². The molecule has 3 fully saturated rings. The van der Waals surface area contributed by atoms with Crippen LogP contribution >= 0.6 is 0 Å². The third-order valence-electron chi connectivity index (χ3n) is 9.81. The fraction of sp³-hybridized carbons (Fsp3) is 0.441. The monoisotopic (exact) mass is 728 g/mol. The highest BCUT2D eigenvalue weighted by Gasteiger charge is 2.40. The minimum absolute atomic E-state index is 0.0553. The number of nitrogens with zero attached hydrogens (tertiary/aromatic N) is 6. The van der Waals surface area contributed by atoms with Crippen molar-refractivity contribution in [2.24, 2.45) is 0 Å². The van der Waals surface area contributed by atoms with Crippen molar-refractivity contribution in [3.8, 4) is 0 Å². The predicted octanol–water partition coefficient (Wildman–Crippen LogP) is 3.32. The number of piperidine rings is 2. The van der Waals surface area contributed by atoms with Crippen LogP contribution < -0.4 is 15.5 Å². The lowest BCUT2D eigenvalue weighted by atomic mass is 10.0. The van der Waals surface area contributed by atoms with E-state index >= 15 is 4.39 Å². The molecule has 2 aromatic carbocycles. The van der Waals surface area contributed by atoms with Gasteiger partial charge in [-0.1, -0.05) is 12.1 Å². The summed E-state index contributed by atoms with van der Waals surface area (Å²) in [5.74, 6) is -1.65. The first-order valence-electron chi connectivity index (χ1n) is 16.8. The number of nitrogens with one attached hydrogen (secondary N) is 2. The molecule has 4 aliphatic heterocycles. The predicted molar refractivity (Wildman–Crippen MR) is 178 cm³/mol. The maximum atomic E-state index is 15.4. The molecule has 7 rings (SSSR count). The van der Waals surface area contributed by atoms with Crippen molar-refractivity contribution in [3.05, 3.63) is 76.9 Å². The van der Waals surface area contributed by atoms with Crippen LogP contribution in [0.3, 0.4) is 0 Å². The molecular weight excluding hydrogens is 692 g/mol. The fourth-order valence-electron chi connectivity index (χ4n) is 7.02. The Morgan fingerprint density at radius 1 is 0.941 bits per heavy atom. The van der Waals surface area contributed by atoms with Gasteiger partial charge in [0.15, 0.2) is 0 Å². The number of hydrogen-bond acceptors (Lipinski definition) is 9. The van der Waals surface area contributed by atoms with Crippen molar-refractivity contribution in [1.29, 1.82) is 0 Å². The van der Waals surface area contributed by atoms with Gasteiger partial charge < -0.3 is 15.1 Å². The zero-order valence-electron chi connectivity index (χ0n) is 27.5. The first kappa shape index (κ1) is 34.9. The lowest BCUT2D eigenvalue weighted by Gasteiger charge is -2.36. The molecule has 0 spiro atoms. The highest BCUT2D eigenvalue weighted by atomic mass is 32.2. The number of hydrogen-bond donors (Lipinski definition) is 2. The molecule has 2 unspecified atom stereocenters. The molecule has 5 heterocycles. The Morgan fingerprint density at radius 3 is 2.35 bits per heavy atom. The molecule has 3 aromatic rings. The van der Waals surface area contributed by atoms with Crippen LogP contribution in [0.5, 0.6) is 0 Å². The number of imide groups is 1. The van der Waals surface area contributed by atoms with Gasteiger partial charge in [-0.3, -0.25) is 24.6 Å². The number of rotatable bonds is 8. The molecule has 1 aromatic heterocycles. The molecule has 0 aliphatic carbocycles. The van der Waals surface area contributed by atoms with Crippen LogP contribution in [0.4, 0.5) is 29.2 Å². The van der Waals surface area contributed by atoms with E-state index in [-0.39, 0.29) is 42.8 Å². The molecule has 0 radical (unpaired) electrons. The number of benzene rings is 2. The molecule has 4 aliphatic rings. The van der Waals surface area contributed by atoms with E-state index in [2.05, 4.69) is 25.5 Å². The van der Waals surface area contributed by atoms with Crippen molar-refractivity contribution in [3.63, 3.8) is 0 Å². The molecule has 3 saturated heterocycles. The van der Waals surface area contributed by atoms with Crippen molar-refractivity contribution < 1.29 is 36.2 Å². The third kappa shape index (κ3) is 7.60. The second-order valence-electron chi connectivity index (χ2n) is 13.2. The number of halogens is 4. The number of piperazine rings is 1. The van der Waals surface area contributed by atoms with Crippen LogP contribution in [0.25, 0.3) is 0 Å². The van der Waals surface area contributed by atoms with Crippen LogP contribution in [0.1, 0.15) is 52.7 Å². The van der Waals surface area contributed by atoms with E-state index in [1.807, 2.05) is 33.5 Å². The SMILES string of the molecule is O=C1CCC(N2Cc3cc(N4CCN(Cc5cccc(S(=O)N6CCC(Nc7ncc(C(F)(F)F)cn7)CC6)c5)CC4)c(F)cc3C2=O)C(=O)N1. The third-order valence-corrected chi connectivity index (χ3v) is 11.3. The maximum Gasteiger partial charge on any atom is 0.419 e. The Bertz CT molecular complexity index is 1850. The summed E-state index contributed by atoms with van der Waals surface area (Å²) in [5.41, 5.74) is 1.40. The standard InChI is InChI=1S/C34H36F4N8O4S/c35-27-16-26-22(20-46(32(26)49)28-4-5-30(47)42-31(28)48)15-29(27)44-12-10-43(11-13-44)19-21-2-1-3-25(14-21)51(50)45-8-6-24(7-9-45)41-33-39-17-23(18-40-33)34(36,37)38/h1-3,14-18,24,28H,4-13,19-20H2,(H,39,40,41)(H,42,47,48). The van der Waals surface area contributed by atoms with E-state index in [4.69, 9.17) is 0 Å². The minimum atomic E-state index is -4.50. The summed E-state index contributed by atoms with van der Waals surface area (Å²) in [6.45, 7) is 4.30. The molecule has 51 heavy (non-hydrogen) atoms. The van der Waals surface area contributed by atoms with E-state index in [9.17, 15) is 31.8 Å². The Balaban J connectivity index is 0.904. The lowest BCUT2D eigenvalue weighted by molar-refractivity contribution is -0.138.